The molecule has 0 saturated heterocycles. The minimum absolute atomic E-state index is 0.107. The average molecular weight is 367 g/mol. The van der Waals surface area contributed by atoms with E-state index >= 15 is 0 Å². The number of hydrogen-bond acceptors (Lipinski definition) is 4. The third-order valence-corrected chi connectivity index (χ3v) is 4.82. The van der Waals surface area contributed by atoms with Gasteiger partial charge in [-0.3, -0.25) is 4.79 Å². The summed E-state index contributed by atoms with van der Waals surface area (Å²) in [5, 5.41) is 0. The van der Waals surface area contributed by atoms with Gasteiger partial charge in [-0.05, 0) is 48.2 Å². The van der Waals surface area contributed by atoms with Gasteiger partial charge in [0, 0.05) is 13.0 Å². The Balaban J connectivity index is 1.67. The summed E-state index contributed by atoms with van der Waals surface area (Å²) in [6, 6.07) is 13.3. The lowest BCUT2D eigenvalue weighted by Gasteiger charge is -2.35. The summed E-state index contributed by atoms with van der Waals surface area (Å²) in [4.78, 5) is 26.6. The average Bonchev–Trinajstić information content (AvgIpc) is 2.65. The van der Waals surface area contributed by atoms with Crippen LogP contribution in [0.3, 0.4) is 0 Å². The van der Waals surface area contributed by atoms with Crippen LogP contribution in [0.25, 0.3) is 0 Å². The Labute approximate surface area is 159 Å². The molecule has 2 aromatic carbocycles. The largest absolute Gasteiger partial charge is 0.493 e. The van der Waals surface area contributed by atoms with Gasteiger partial charge >= 0.3 is 5.97 Å². The number of esters is 1. The van der Waals surface area contributed by atoms with Crippen molar-refractivity contribution in [3.05, 3.63) is 64.7 Å². The first kappa shape index (κ1) is 19.0. The topological polar surface area (TPSA) is 55.8 Å². The number of hydrogen-bond donors (Lipinski definition) is 0. The number of rotatable bonds is 5. The van der Waals surface area contributed by atoms with Crippen LogP contribution in [0, 0.1) is 13.8 Å². The summed E-state index contributed by atoms with van der Waals surface area (Å²) in [6.45, 7) is 4.71. The molecule has 3 rings (SSSR count). The SMILES string of the molecule is COC(=O)C1Cc2ccccc2CN1C(=O)CCOc1cc(C)cc(C)c1. The summed E-state index contributed by atoms with van der Waals surface area (Å²) in [6.07, 6.45) is 0.690. The van der Waals surface area contributed by atoms with Crippen LogP contribution in [-0.2, 0) is 27.3 Å². The Morgan fingerprint density at radius 3 is 2.41 bits per heavy atom. The molecule has 0 radical (unpaired) electrons. The van der Waals surface area contributed by atoms with Crippen LogP contribution in [0.1, 0.15) is 28.7 Å². The van der Waals surface area contributed by atoms with Gasteiger partial charge in [0.05, 0.1) is 20.1 Å². The Kier molecular flexibility index (Phi) is 5.79. The van der Waals surface area contributed by atoms with Crippen LogP contribution < -0.4 is 4.74 Å². The van der Waals surface area contributed by atoms with E-state index in [9.17, 15) is 9.59 Å². The zero-order chi connectivity index (χ0) is 19.4. The molecule has 0 aromatic heterocycles. The van der Waals surface area contributed by atoms with E-state index in [0.29, 0.717) is 13.0 Å². The highest BCUT2D eigenvalue weighted by atomic mass is 16.5. The molecule has 5 heteroatoms. The smallest absolute Gasteiger partial charge is 0.328 e. The van der Waals surface area contributed by atoms with Gasteiger partial charge in [0.1, 0.15) is 11.8 Å². The lowest BCUT2D eigenvalue weighted by Crippen LogP contribution is -2.49. The van der Waals surface area contributed by atoms with E-state index in [1.807, 2.05) is 50.2 Å². The third-order valence-electron chi connectivity index (χ3n) is 4.82. The second kappa shape index (κ2) is 8.25. The van der Waals surface area contributed by atoms with Crippen molar-refractivity contribution in [3.63, 3.8) is 0 Å². The maximum atomic E-state index is 12.8. The van der Waals surface area contributed by atoms with Crippen LogP contribution in [-0.4, -0.2) is 36.5 Å². The number of nitrogens with zero attached hydrogens (tertiary/aromatic N) is 1. The van der Waals surface area contributed by atoms with Gasteiger partial charge in [-0.25, -0.2) is 4.79 Å². The Bertz CT molecular complexity index is 826. The standard InChI is InChI=1S/C22H25NO4/c1-15-10-16(2)12-19(11-15)27-9-8-21(24)23-14-18-7-5-4-6-17(18)13-20(23)22(25)26-3/h4-7,10-12,20H,8-9,13-14H2,1-3H3. The molecule has 0 spiro atoms. The number of amides is 1. The van der Waals surface area contributed by atoms with Gasteiger partial charge in [-0.2, -0.15) is 0 Å². The van der Waals surface area contributed by atoms with E-state index in [4.69, 9.17) is 9.47 Å². The van der Waals surface area contributed by atoms with E-state index in [2.05, 4.69) is 6.07 Å². The molecule has 0 saturated carbocycles. The lowest BCUT2D eigenvalue weighted by molar-refractivity contribution is -0.154. The van der Waals surface area contributed by atoms with Crippen LogP contribution in [0.2, 0.25) is 0 Å². The first-order valence-electron chi connectivity index (χ1n) is 9.13. The highest BCUT2D eigenvalue weighted by molar-refractivity contribution is 5.85. The quantitative estimate of drug-likeness (QED) is 0.762. The van der Waals surface area contributed by atoms with E-state index < -0.39 is 6.04 Å². The van der Waals surface area contributed by atoms with Crippen LogP contribution in [0.5, 0.6) is 5.75 Å². The normalized spacial score (nSPS) is 15.8. The highest BCUT2D eigenvalue weighted by Crippen LogP contribution is 2.25. The van der Waals surface area contributed by atoms with E-state index in [1.165, 1.54) is 7.11 Å². The molecular formula is C22H25NO4. The van der Waals surface area contributed by atoms with Gasteiger partial charge in [0.15, 0.2) is 0 Å². The predicted octanol–water partition coefficient (Wildman–Crippen LogP) is 3.20. The summed E-state index contributed by atoms with van der Waals surface area (Å²) in [5.41, 5.74) is 4.40. The zero-order valence-corrected chi connectivity index (χ0v) is 16.0. The molecular weight excluding hydrogens is 342 g/mol. The van der Waals surface area contributed by atoms with Crippen LogP contribution in [0.4, 0.5) is 0 Å². The maximum absolute atomic E-state index is 12.8. The van der Waals surface area contributed by atoms with Crippen LogP contribution >= 0.6 is 0 Å². The fourth-order valence-electron chi connectivity index (χ4n) is 3.55. The summed E-state index contributed by atoms with van der Waals surface area (Å²) in [5.74, 6) is 0.270. The highest BCUT2D eigenvalue weighted by Gasteiger charge is 2.34. The molecule has 142 valence electrons. The fourth-order valence-corrected chi connectivity index (χ4v) is 3.55. The van der Waals surface area contributed by atoms with Crippen molar-refractivity contribution < 1.29 is 19.1 Å². The van der Waals surface area contributed by atoms with Crippen molar-refractivity contribution in [1.82, 2.24) is 4.90 Å². The summed E-state index contributed by atoms with van der Waals surface area (Å²) >= 11 is 0. The second-order valence-corrected chi connectivity index (χ2v) is 6.96. The molecule has 1 amide bonds. The van der Waals surface area contributed by atoms with E-state index in [1.54, 1.807) is 4.90 Å². The minimum atomic E-state index is -0.585. The fraction of sp³-hybridized carbons (Fsp3) is 0.364. The molecule has 1 heterocycles. The predicted molar refractivity (Wildman–Crippen MR) is 103 cm³/mol. The van der Waals surface area contributed by atoms with Crippen molar-refractivity contribution >= 4 is 11.9 Å². The summed E-state index contributed by atoms with van der Waals surface area (Å²) < 4.78 is 10.7. The Morgan fingerprint density at radius 2 is 1.74 bits per heavy atom. The number of aryl methyl sites for hydroxylation is 2. The zero-order valence-electron chi connectivity index (χ0n) is 16.0. The van der Waals surface area contributed by atoms with E-state index in [0.717, 1.165) is 28.0 Å². The lowest BCUT2D eigenvalue weighted by atomic mass is 9.93. The van der Waals surface area contributed by atoms with Gasteiger partial charge in [-0.1, -0.05) is 30.3 Å². The minimum Gasteiger partial charge on any atom is -0.493 e. The molecule has 1 aliphatic heterocycles. The van der Waals surface area contributed by atoms with Gasteiger partial charge in [0.25, 0.3) is 0 Å². The van der Waals surface area contributed by atoms with Crippen molar-refractivity contribution in [1.29, 1.82) is 0 Å². The summed E-state index contributed by atoms with van der Waals surface area (Å²) in [7, 11) is 1.36. The first-order valence-corrected chi connectivity index (χ1v) is 9.13. The Morgan fingerprint density at radius 1 is 1.07 bits per heavy atom. The van der Waals surface area contributed by atoms with Gasteiger partial charge < -0.3 is 14.4 Å². The number of carbonyl (C=O) groups excluding carboxylic acids is 2. The molecule has 0 bridgehead atoms. The molecule has 1 aliphatic rings. The van der Waals surface area contributed by atoms with Gasteiger partial charge in [-0.15, -0.1) is 0 Å². The molecule has 0 aliphatic carbocycles. The molecule has 5 nitrogen and oxygen atoms in total. The monoisotopic (exact) mass is 367 g/mol. The second-order valence-electron chi connectivity index (χ2n) is 6.96. The first-order chi connectivity index (χ1) is 13.0. The van der Waals surface area contributed by atoms with Crippen molar-refractivity contribution in [2.45, 2.75) is 39.3 Å². The number of benzene rings is 2. The maximum Gasteiger partial charge on any atom is 0.328 e. The van der Waals surface area contributed by atoms with Crippen LogP contribution in [0.15, 0.2) is 42.5 Å². The van der Waals surface area contributed by atoms with E-state index in [-0.39, 0.29) is 24.9 Å². The molecule has 1 atom stereocenters. The van der Waals surface area contributed by atoms with Crippen molar-refractivity contribution in [2.24, 2.45) is 0 Å². The number of ether oxygens (including phenoxy) is 2. The molecule has 0 fully saturated rings. The third kappa shape index (κ3) is 4.48. The number of fused-ring (bicyclic) bond motifs is 1. The molecule has 27 heavy (non-hydrogen) atoms. The van der Waals surface area contributed by atoms with Crippen molar-refractivity contribution in [3.8, 4) is 5.75 Å². The number of methoxy groups -OCH3 is 1. The molecule has 1 unspecified atom stereocenters. The number of carbonyl (C=O) groups is 2. The Hall–Kier alpha value is -2.82. The van der Waals surface area contributed by atoms with Crippen molar-refractivity contribution in [2.75, 3.05) is 13.7 Å². The molecule has 2 aromatic rings. The van der Waals surface area contributed by atoms with Gasteiger partial charge in [0.2, 0.25) is 5.91 Å². The molecule has 0 N–H and O–H groups in total.